The summed E-state index contributed by atoms with van der Waals surface area (Å²) in [5.41, 5.74) is 0. The van der Waals surface area contributed by atoms with E-state index in [1.165, 1.54) is 44.9 Å². The second-order valence-electron chi connectivity index (χ2n) is 7.45. The molecule has 0 rings (SSSR count). The van der Waals surface area contributed by atoms with Gasteiger partial charge < -0.3 is 9.59 Å². The lowest BCUT2D eigenvalue weighted by molar-refractivity contribution is -0.926. The molecule has 0 aliphatic carbocycles. The van der Waals surface area contributed by atoms with Gasteiger partial charge >= 0.3 is 0 Å². The number of hydrogen-bond donors (Lipinski definition) is 1. The SMILES string of the molecule is CCCCCCCCCCCC(=O)CC(O)C[N+](CC)(CC)CC. The van der Waals surface area contributed by atoms with Crippen LogP contribution in [-0.4, -0.2) is 47.7 Å². The Kier molecular flexibility index (Phi) is 14.6. The van der Waals surface area contributed by atoms with Crippen molar-refractivity contribution in [3.63, 3.8) is 0 Å². The Labute approximate surface area is 151 Å². The van der Waals surface area contributed by atoms with E-state index in [4.69, 9.17) is 0 Å². The van der Waals surface area contributed by atoms with Crippen molar-refractivity contribution in [1.29, 1.82) is 0 Å². The zero-order valence-electron chi connectivity index (χ0n) is 17.0. The van der Waals surface area contributed by atoms with Crippen molar-refractivity contribution in [2.75, 3.05) is 26.2 Å². The molecule has 3 heteroatoms. The Morgan fingerprint density at radius 3 is 1.71 bits per heavy atom. The Morgan fingerprint density at radius 1 is 0.792 bits per heavy atom. The summed E-state index contributed by atoms with van der Waals surface area (Å²) in [4.78, 5) is 12.0. The molecule has 144 valence electrons. The number of carbonyl (C=O) groups is 1. The Balaban J connectivity index is 3.71. The van der Waals surface area contributed by atoms with Crippen molar-refractivity contribution in [2.24, 2.45) is 0 Å². The third kappa shape index (κ3) is 11.2. The third-order valence-corrected chi connectivity index (χ3v) is 5.63. The van der Waals surface area contributed by atoms with E-state index >= 15 is 0 Å². The maximum atomic E-state index is 12.0. The van der Waals surface area contributed by atoms with Gasteiger partial charge in [0.25, 0.3) is 0 Å². The molecule has 3 nitrogen and oxygen atoms in total. The molecular weight excluding hydrogens is 298 g/mol. The van der Waals surface area contributed by atoms with E-state index in [-0.39, 0.29) is 5.78 Å². The number of hydrogen-bond acceptors (Lipinski definition) is 2. The van der Waals surface area contributed by atoms with Crippen LogP contribution in [0.3, 0.4) is 0 Å². The monoisotopic (exact) mass is 342 g/mol. The molecule has 0 aliphatic rings. The Bertz CT molecular complexity index is 292. The molecule has 0 aliphatic heterocycles. The number of unbranched alkanes of at least 4 members (excludes halogenated alkanes) is 8. The van der Waals surface area contributed by atoms with Crippen molar-refractivity contribution >= 4 is 5.78 Å². The number of ketones is 1. The predicted octanol–water partition coefficient (Wildman–Crippen LogP) is 5.10. The second kappa shape index (κ2) is 14.9. The van der Waals surface area contributed by atoms with E-state index < -0.39 is 6.10 Å². The van der Waals surface area contributed by atoms with Crippen LogP contribution >= 0.6 is 0 Å². The largest absolute Gasteiger partial charge is 0.387 e. The quantitative estimate of drug-likeness (QED) is 0.295. The van der Waals surface area contributed by atoms with Gasteiger partial charge in [-0.1, -0.05) is 58.3 Å². The van der Waals surface area contributed by atoms with Crippen molar-refractivity contribution in [3.05, 3.63) is 0 Å². The normalized spacial score (nSPS) is 13.2. The van der Waals surface area contributed by atoms with E-state index in [1.807, 2.05) is 0 Å². The third-order valence-electron chi connectivity index (χ3n) is 5.63. The Morgan fingerprint density at radius 2 is 1.25 bits per heavy atom. The van der Waals surface area contributed by atoms with Crippen molar-refractivity contribution in [3.8, 4) is 0 Å². The second-order valence-corrected chi connectivity index (χ2v) is 7.45. The fourth-order valence-electron chi connectivity index (χ4n) is 3.57. The van der Waals surface area contributed by atoms with Gasteiger partial charge in [0.15, 0.2) is 0 Å². The minimum atomic E-state index is -0.476. The van der Waals surface area contributed by atoms with Gasteiger partial charge in [0.05, 0.1) is 19.6 Å². The molecule has 0 aromatic rings. The summed E-state index contributed by atoms with van der Waals surface area (Å²) in [6.07, 6.45) is 12.0. The summed E-state index contributed by atoms with van der Waals surface area (Å²) < 4.78 is 0.909. The molecular formula is C21H44NO2+. The summed E-state index contributed by atoms with van der Waals surface area (Å²) in [6.45, 7) is 12.5. The number of nitrogens with zero attached hydrogens (tertiary/aromatic N) is 1. The number of quaternary nitrogens is 1. The van der Waals surface area contributed by atoms with Crippen LogP contribution in [0.1, 0.15) is 98.3 Å². The number of aliphatic hydroxyl groups is 1. The maximum Gasteiger partial charge on any atom is 0.135 e. The highest BCUT2D eigenvalue weighted by atomic mass is 16.3. The van der Waals surface area contributed by atoms with E-state index in [0.29, 0.717) is 19.4 Å². The average Bonchev–Trinajstić information content (AvgIpc) is 2.58. The van der Waals surface area contributed by atoms with Gasteiger partial charge in [-0.15, -0.1) is 0 Å². The van der Waals surface area contributed by atoms with Crippen LogP contribution in [0.2, 0.25) is 0 Å². The van der Waals surface area contributed by atoms with Gasteiger partial charge in [0.2, 0.25) is 0 Å². The van der Waals surface area contributed by atoms with Gasteiger partial charge in [-0.05, 0) is 27.2 Å². The molecule has 0 amide bonds. The number of likely N-dealkylation sites (N-methyl/N-ethyl adjacent to an activating group) is 1. The number of carbonyl (C=O) groups excluding carboxylic acids is 1. The molecule has 24 heavy (non-hydrogen) atoms. The van der Waals surface area contributed by atoms with Crippen LogP contribution in [0, 0.1) is 0 Å². The number of aliphatic hydroxyl groups excluding tert-OH is 1. The zero-order chi connectivity index (χ0) is 18.3. The summed E-state index contributed by atoms with van der Waals surface area (Å²) in [5, 5.41) is 10.3. The van der Waals surface area contributed by atoms with Gasteiger partial charge in [0, 0.05) is 12.8 Å². The molecule has 0 aromatic heterocycles. The van der Waals surface area contributed by atoms with Gasteiger partial charge in [-0.2, -0.15) is 0 Å². The van der Waals surface area contributed by atoms with Gasteiger partial charge in [-0.25, -0.2) is 0 Å². The molecule has 0 heterocycles. The van der Waals surface area contributed by atoms with E-state index in [2.05, 4.69) is 27.7 Å². The molecule has 0 saturated carbocycles. The van der Waals surface area contributed by atoms with E-state index in [0.717, 1.165) is 37.0 Å². The molecule has 1 unspecified atom stereocenters. The van der Waals surface area contributed by atoms with Crippen molar-refractivity contribution < 1.29 is 14.4 Å². The fourth-order valence-corrected chi connectivity index (χ4v) is 3.57. The lowest BCUT2D eigenvalue weighted by atomic mass is 10.0. The number of rotatable bonds is 17. The summed E-state index contributed by atoms with van der Waals surface area (Å²) >= 11 is 0. The molecule has 0 bridgehead atoms. The first-order valence-electron chi connectivity index (χ1n) is 10.6. The molecule has 0 saturated heterocycles. The molecule has 0 aromatic carbocycles. The average molecular weight is 343 g/mol. The highest BCUT2D eigenvalue weighted by molar-refractivity contribution is 5.78. The minimum Gasteiger partial charge on any atom is -0.387 e. The summed E-state index contributed by atoms with van der Waals surface area (Å²) in [6, 6.07) is 0. The van der Waals surface area contributed by atoms with Gasteiger partial charge in [0.1, 0.15) is 18.4 Å². The van der Waals surface area contributed by atoms with Crippen LogP contribution in [0.15, 0.2) is 0 Å². The molecule has 0 radical (unpaired) electrons. The topological polar surface area (TPSA) is 37.3 Å². The molecule has 1 atom stereocenters. The number of Topliss-reactive ketones (excluding diaryl/α,β-unsaturated/α-hetero) is 1. The molecule has 1 N–H and O–H groups in total. The first-order valence-corrected chi connectivity index (χ1v) is 10.6. The van der Waals surface area contributed by atoms with Crippen LogP contribution in [0.4, 0.5) is 0 Å². The maximum absolute atomic E-state index is 12.0. The zero-order valence-corrected chi connectivity index (χ0v) is 17.0. The molecule has 0 spiro atoms. The lowest BCUT2D eigenvalue weighted by Gasteiger charge is -2.37. The summed E-state index contributed by atoms with van der Waals surface area (Å²) in [7, 11) is 0. The van der Waals surface area contributed by atoms with E-state index in [9.17, 15) is 9.90 Å². The smallest absolute Gasteiger partial charge is 0.135 e. The highest BCUT2D eigenvalue weighted by Gasteiger charge is 2.26. The Hall–Kier alpha value is -0.410. The van der Waals surface area contributed by atoms with Crippen LogP contribution < -0.4 is 0 Å². The lowest BCUT2D eigenvalue weighted by Crippen LogP contribution is -2.52. The van der Waals surface area contributed by atoms with Crippen LogP contribution in [-0.2, 0) is 4.79 Å². The fraction of sp³-hybridized carbons (Fsp3) is 0.952. The predicted molar refractivity (Wildman–Crippen MR) is 104 cm³/mol. The van der Waals surface area contributed by atoms with Crippen molar-refractivity contribution in [1.82, 2.24) is 0 Å². The first kappa shape index (κ1) is 23.6. The van der Waals surface area contributed by atoms with Gasteiger partial charge in [-0.3, -0.25) is 4.79 Å². The first-order chi connectivity index (χ1) is 11.5. The van der Waals surface area contributed by atoms with Crippen LogP contribution in [0.25, 0.3) is 0 Å². The highest BCUT2D eigenvalue weighted by Crippen LogP contribution is 2.13. The van der Waals surface area contributed by atoms with Crippen molar-refractivity contribution in [2.45, 2.75) is 104 Å². The summed E-state index contributed by atoms with van der Waals surface area (Å²) in [5.74, 6) is 0.242. The minimum absolute atomic E-state index is 0.242. The molecule has 0 fully saturated rings. The van der Waals surface area contributed by atoms with E-state index in [1.54, 1.807) is 0 Å². The standard InChI is InChI=1S/C21H44NO2/c1-5-9-10-11-12-13-14-15-16-17-20(23)18-21(24)19-22(6-2,7-3)8-4/h21,24H,5-19H2,1-4H3/q+1. The van der Waals surface area contributed by atoms with Crippen LogP contribution in [0.5, 0.6) is 0 Å².